The number of carboxylic acids is 1. The Hall–Kier alpha value is -1.90. The van der Waals surface area contributed by atoms with Crippen molar-refractivity contribution in [3.05, 3.63) is 58.6 Å². The number of halogens is 1. The maximum atomic E-state index is 13.0. The van der Waals surface area contributed by atoms with Crippen LogP contribution in [0, 0.1) is 0 Å². The Morgan fingerprint density at radius 2 is 1.82 bits per heavy atom. The molecule has 1 fully saturated rings. The first-order chi connectivity index (χ1) is 13.3. The van der Waals surface area contributed by atoms with Crippen molar-refractivity contribution in [1.29, 1.82) is 0 Å². The summed E-state index contributed by atoms with van der Waals surface area (Å²) in [5.41, 5.74) is 0.992. The number of sulfone groups is 1. The van der Waals surface area contributed by atoms with Crippen LogP contribution in [0.4, 0.5) is 0 Å². The molecule has 2 unspecified atom stereocenters. The maximum Gasteiger partial charge on any atom is 0.320 e. The van der Waals surface area contributed by atoms with Crippen LogP contribution >= 0.6 is 15.9 Å². The summed E-state index contributed by atoms with van der Waals surface area (Å²) in [4.78, 5) is 13.9. The predicted octanol–water partition coefficient (Wildman–Crippen LogP) is 3.35. The number of hydrogen-bond donors (Lipinski definition) is 1. The normalized spacial score (nSPS) is 20.6. The molecule has 1 N–H and O–H groups in total. The quantitative estimate of drug-likeness (QED) is 0.700. The number of nitrogens with zero attached hydrogens (tertiary/aromatic N) is 1. The fraction of sp³-hybridized carbons (Fsp3) is 0.350. The van der Waals surface area contributed by atoms with Gasteiger partial charge in [0, 0.05) is 17.6 Å². The van der Waals surface area contributed by atoms with Crippen LogP contribution in [0.2, 0.25) is 0 Å². The van der Waals surface area contributed by atoms with Gasteiger partial charge in [-0.05, 0) is 54.8 Å². The summed E-state index contributed by atoms with van der Waals surface area (Å²) in [6, 6.07) is 13.1. The molecule has 0 aromatic heterocycles. The third-order valence-electron chi connectivity index (χ3n) is 5.08. The second kappa shape index (κ2) is 8.63. The van der Waals surface area contributed by atoms with Crippen LogP contribution in [0.15, 0.2) is 57.9 Å². The lowest BCUT2D eigenvalue weighted by molar-refractivity contribution is -0.144. The van der Waals surface area contributed by atoms with Gasteiger partial charge in [0.2, 0.25) is 0 Å². The molecule has 0 bridgehead atoms. The van der Waals surface area contributed by atoms with E-state index in [1.807, 2.05) is 29.2 Å². The Morgan fingerprint density at radius 1 is 1.18 bits per heavy atom. The van der Waals surface area contributed by atoms with Crippen LogP contribution in [0.3, 0.4) is 0 Å². The van der Waals surface area contributed by atoms with Crippen LogP contribution in [0.5, 0.6) is 5.75 Å². The van der Waals surface area contributed by atoms with Crippen molar-refractivity contribution in [2.45, 2.75) is 35.6 Å². The molecule has 6 nitrogen and oxygen atoms in total. The summed E-state index contributed by atoms with van der Waals surface area (Å²) < 4.78 is 32.0. The van der Waals surface area contributed by atoms with Crippen molar-refractivity contribution in [3.8, 4) is 5.75 Å². The first-order valence-corrected chi connectivity index (χ1v) is 11.2. The number of rotatable bonds is 6. The van der Waals surface area contributed by atoms with E-state index in [1.54, 1.807) is 12.1 Å². The summed E-state index contributed by atoms with van der Waals surface area (Å²) in [5, 5.41) is 8.97. The van der Waals surface area contributed by atoms with Crippen LogP contribution in [-0.4, -0.2) is 49.3 Å². The van der Waals surface area contributed by atoms with E-state index in [9.17, 15) is 18.3 Å². The number of benzene rings is 2. The van der Waals surface area contributed by atoms with E-state index in [0.29, 0.717) is 25.3 Å². The Labute approximate surface area is 173 Å². The molecule has 2 aromatic rings. The van der Waals surface area contributed by atoms with Crippen LogP contribution in [0.1, 0.15) is 18.4 Å². The highest BCUT2D eigenvalue weighted by atomic mass is 79.9. The molecule has 1 aliphatic rings. The number of aliphatic carboxylic acids is 1. The van der Waals surface area contributed by atoms with Crippen molar-refractivity contribution in [2.75, 3.05) is 13.7 Å². The van der Waals surface area contributed by atoms with Crippen molar-refractivity contribution >= 4 is 31.7 Å². The average molecular weight is 468 g/mol. The van der Waals surface area contributed by atoms with Gasteiger partial charge in [0.1, 0.15) is 11.8 Å². The summed E-state index contributed by atoms with van der Waals surface area (Å²) in [6.07, 6.45) is 0.467. The Bertz CT molecular complexity index is 928. The highest BCUT2D eigenvalue weighted by Crippen LogP contribution is 2.30. The van der Waals surface area contributed by atoms with E-state index < -0.39 is 27.1 Å². The lowest BCUT2D eigenvalue weighted by Crippen LogP contribution is -2.49. The second-order valence-corrected chi connectivity index (χ2v) is 9.96. The molecule has 3 rings (SSSR count). The summed E-state index contributed by atoms with van der Waals surface area (Å²) in [7, 11) is -2.09. The number of likely N-dealkylation sites (tertiary alicyclic amines) is 1. The van der Waals surface area contributed by atoms with E-state index in [2.05, 4.69) is 15.9 Å². The van der Waals surface area contributed by atoms with Gasteiger partial charge in [-0.3, -0.25) is 9.69 Å². The van der Waals surface area contributed by atoms with Gasteiger partial charge >= 0.3 is 5.97 Å². The zero-order chi connectivity index (χ0) is 20.3. The van der Waals surface area contributed by atoms with Gasteiger partial charge in [0.05, 0.1) is 17.3 Å². The van der Waals surface area contributed by atoms with Crippen LogP contribution in [-0.2, 0) is 21.2 Å². The van der Waals surface area contributed by atoms with Gasteiger partial charge < -0.3 is 9.84 Å². The van der Waals surface area contributed by atoms with Crippen molar-refractivity contribution in [1.82, 2.24) is 4.90 Å². The van der Waals surface area contributed by atoms with Gasteiger partial charge in [0.15, 0.2) is 9.84 Å². The number of ether oxygens (including phenoxy) is 1. The molecule has 1 aliphatic heterocycles. The zero-order valence-electron chi connectivity index (χ0n) is 15.4. The molecule has 150 valence electrons. The Kier molecular flexibility index (Phi) is 6.42. The van der Waals surface area contributed by atoms with Crippen molar-refractivity contribution in [2.24, 2.45) is 0 Å². The molecule has 0 aliphatic carbocycles. The highest BCUT2D eigenvalue weighted by molar-refractivity contribution is 9.10. The summed E-state index contributed by atoms with van der Waals surface area (Å²) in [5.74, 6) is -0.418. The minimum absolute atomic E-state index is 0.0697. The SMILES string of the molecule is COc1ccc(S(=O)(=O)C2CCN(Cc3ccc(Br)cc3)C(C(=O)O)C2)cc1. The summed E-state index contributed by atoms with van der Waals surface area (Å²) >= 11 is 3.38. The van der Waals surface area contributed by atoms with Crippen molar-refractivity contribution in [3.63, 3.8) is 0 Å². The number of carbonyl (C=O) groups is 1. The fourth-order valence-corrected chi connectivity index (χ4v) is 5.51. The first kappa shape index (κ1) is 20.8. The summed E-state index contributed by atoms with van der Waals surface area (Å²) in [6.45, 7) is 0.882. The van der Waals surface area contributed by atoms with Gasteiger partial charge in [-0.15, -0.1) is 0 Å². The van der Waals surface area contributed by atoms with E-state index >= 15 is 0 Å². The molecular weight excluding hydrogens is 446 g/mol. The van der Waals surface area contributed by atoms with Gasteiger partial charge in [-0.2, -0.15) is 0 Å². The third-order valence-corrected chi connectivity index (χ3v) is 7.84. The maximum absolute atomic E-state index is 13.0. The number of methoxy groups -OCH3 is 1. The Morgan fingerprint density at radius 3 is 2.39 bits per heavy atom. The van der Waals surface area contributed by atoms with E-state index in [0.717, 1.165) is 10.0 Å². The van der Waals surface area contributed by atoms with Gasteiger partial charge in [0.25, 0.3) is 0 Å². The molecule has 28 heavy (non-hydrogen) atoms. The molecular formula is C20H22BrNO5S. The smallest absolute Gasteiger partial charge is 0.320 e. The topological polar surface area (TPSA) is 83.9 Å². The lowest BCUT2D eigenvalue weighted by Gasteiger charge is -2.36. The van der Waals surface area contributed by atoms with E-state index in [1.165, 1.54) is 19.2 Å². The molecule has 0 saturated carbocycles. The number of hydrogen-bond acceptors (Lipinski definition) is 5. The molecule has 0 radical (unpaired) electrons. The average Bonchev–Trinajstić information content (AvgIpc) is 2.69. The molecule has 8 heteroatoms. The molecule has 0 spiro atoms. The highest BCUT2D eigenvalue weighted by Gasteiger charge is 2.39. The van der Waals surface area contributed by atoms with E-state index in [4.69, 9.17) is 4.74 Å². The molecule has 0 amide bonds. The Balaban J connectivity index is 1.77. The monoisotopic (exact) mass is 467 g/mol. The van der Waals surface area contributed by atoms with Crippen molar-refractivity contribution < 1.29 is 23.1 Å². The standard InChI is InChI=1S/C20H22BrNO5S/c1-27-16-6-8-17(9-7-16)28(25,26)18-10-11-22(19(12-18)20(23)24)13-14-2-4-15(21)5-3-14/h2-9,18-19H,10-13H2,1H3,(H,23,24). The van der Waals surface area contributed by atoms with Crippen LogP contribution in [0.25, 0.3) is 0 Å². The molecule has 2 aromatic carbocycles. The largest absolute Gasteiger partial charge is 0.497 e. The molecule has 1 saturated heterocycles. The predicted molar refractivity (Wildman–Crippen MR) is 109 cm³/mol. The minimum Gasteiger partial charge on any atom is -0.497 e. The molecule has 2 atom stereocenters. The number of piperidine rings is 1. The van der Waals surface area contributed by atoms with E-state index in [-0.39, 0.29) is 11.3 Å². The third kappa shape index (κ3) is 4.56. The first-order valence-electron chi connectivity index (χ1n) is 8.90. The van der Waals surface area contributed by atoms with Gasteiger partial charge in [-0.1, -0.05) is 28.1 Å². The van der Waals surface area contributed by atoms with Crippen LogP contribution < -0.4 is 4.74 Å². The lowest BCUT2D eigenvalue weighted by atomic mass is 10.0. The molecule has 1 heterocycles. The number of carboxylic acid groups (broad SMARTS) is 1. The zero-order valence-corrected chi connectivity index (χ0v) is 17.8. The fourth-order valence-electron chi connectivity index (χ4n) is 3.49. The second-order valence-electron chi connectivity index (χ2n) is 6.82. The minimum atomic E-state index is -3.61. The van der Waals surface area contributed by atoms with Gasteiger partial charge in [-0.25, -0.2) is 8.42 Å².